The largest absolute Gasteiger partial charge is 0.396 e. The summed E-state index contributed by atoms with van der Waals surface area (Å²) >= 11 is 0. The Morgan fingerprint density at radius 3 is 2.88 bits per heavy atom. The minimum Gasteiger partial charge on any atom is -0.396 e. The lowest BCUT2D eigenvalue weighted by atomic mass is 9.96. The number of hydrogen-bond acceptors (Lipinski definition) is 3. The summed E-state index contributed by atoms with van der Waals surface area (Å²) in [6, 6.07) is 0.331. The summed E-state index contributed by atoms with van der Waals surface area (Å²) in [5, 5.41) is 15.7. The Balaban J connectivity index is 1.74. The molecule has 1 saturated heterocycles. The fourth-order valence-corrected chi connectivity index (χ4v) is 3.09. The van der Waals surface area contributed by atoms with Gasteiger partial charge >= 0.3 is 0 Å². The molecule has 0 aromatic carbocycles. The highest BCUT2D eigenvalue weighted by atomic mass is 16.3. The van der Waals surface area contributed by atoms with Gasteiger partial charge < -0.3 is 15.7 Å². The lowest BCUT2D eigenvalue weighted by Crippen LogP contribution is -2.36. The van der Waals surface area contributed by atoms with Gasteiger partial charge in [0.25, 0.3) is 0 Å². The third-order valence-corrected chi connectivity index (χ3v) is 4.20. The minimum atomic E-state index is 0.171. The topological polar surface area (TPSA) is 61.4 Å². The van der Waals surface area contributed by atoms with Crippen molar-refractivity contribution in [1.82, 2.24) is 10.6 Å². The van der Waals surface area contributed by atoms with Crippen molar-refractivity contribution in [2.24, 2.45) is 11.8 Å². The number of nitrogens with one attached hydrogen (secondary N) is 2. The zero-order chi connectivity index (χ0) is 12.1. The Hall–Kier alpha value is -0.610. The summed E-state index contributed by atoms with van der Waals surface area (Å²) in [5.74, 6) is 1.25. The van der Waals surface area contributed by atoms with E-state index in [4.69, 9.17) is 0 Å². The van der Waals surface area contributed by atoms with Crippen LogP contribution in [0.4, 0.5) is 0 Å². The molecule has 1 aliphatic carbocycles. The zero-order valence-corrected chi connectivity index (χ0v) is 10.5. The Morgan fingerprint density at radius 2 is 2.06 bits per heavy atom. The van der Waals surface area contributed by atoms with Crippen LogP contribution in [0.2, 0.25) is 0 Å². The molecule has 2 aliphatic rings. The molecule has 1 aliphatic heterocycles. The molecule has 0 spiro atoms. The molecular weight excluding hydrogens is 216 g/mol. The summed E-state index contributed by atoms with van der Waals surface area (Å²) in [7, 11) is 0. The summed E-state index contributed by atoms with van der Waals surface area (Å²) in [4.78, 5) is 11.4. The third kappa shape index (κ3) is 3.68. The van der Waals surface area contributed by atoms with Crippen LogP contribution < -0.4 is 10.6 Å². The number of rotatable bonds is 4. The average molecular weight is 240 g/mol. The number of carbonyl (C=O) groups excluding carboxylic acids is 1. The molecule has 0 radical (unpaired) electrons. The molecule has 3 N–H and O–H groups in total. The van der Waals surface area contributed by atoms with Crippen LogP contribution in [0.15, 0.2) is 0 Å². The van der Waals surface area contributed by atoms with E-state index in [1.54, 1.807) is 0 Å². The summed E-state index contributed by atoms with van der Waals surface area (Å²) in [6.45, 7) is 2.10. The smallest absolute Gasteiger partial charge is 0.221 e. The van der Waals surface area contributed by atoms with E-state index in [0.717, 1.165) is 32.4 Å². The van der Waals surface area contributed by atoms with Gasteiger partial charge in [0.2, 0.25) is 5.91 Å². The molecule has 1 heterocycles. The van der Waals surface area contributed by atoms with Crippen LogP contribution in [0.5, 0.6) is 0 Å². The van der Waals surface area contributed by atoms with Crippen molar-refractivity contribution in [2.75, 3.05) is 19.7 Å². The van der Waals surface area contributed by atoms with Crippen LogP contribution in [0.3, 0.4) is 0 Å². The second-order valence-corrected chi connectivity index (χ2v) is 5.44. The molecule has 0 bridgehead atoms. The van der Waals surface area contributed by atoms with Gasteiger partial charge in [-0.15, -0.1) is 0 Å². The van der Waals surface area contributed by atoms with Crippen molar-refractivity contribution < 1.29 is 9.90 Å². The number of amides is 1. The highest BCUT2D eigenvalue weighted by molar-refractivity contribution is 5.76. The molecule has 0 aromatic rings. The van der Waals surface area contributed by atoms with Crippen molar-refractivity contribution in [2.45, 2.75) is 44.6 Å². The number of aliphatic hydroxyl groups excluding tert-OH is 1. The molecule has 4 heteroatoms. The normalized spacial score (nSPS) is 34.4. The number of hydrogen-bond donors (Lipinski definition) is 3. The van der Waals surface area contributed by atoms with Crippen molar-refractivity contribution in [3.63, 3.8) is 0 Å². The SMILES string of the molecule is O=C1CC(NCC2CCCC2CO)CCCN1. The molecule has 17 heavy (non-hydrogen) atoms. The molecule has 4 nitrogen and oxygen atoms in total. The Labute approximate surface area is 103 Å². The monoisotopic (exact) mass is 240 g/mol. The quantitative estimate of drug-likeness (QED) is 0.676. The second-order valence-electron chi connectivity index (χ2n) is 5.44. The van der Waals surface area contributed by atoms with E-state index in [0.29, 0.717) is 30.9 Å². The molecule has 98 valence electrons. The van der Waals surface area contributed by atoms with Gasteiger partial charge in [0.15, 0.2) is 0 Å². The molecule has 2 rings (SSSR count). The molecule has 3 atom stereocenters. The fourth-order valence-electron chi connectivity index (χ4n) is 3.09. The maximum absolute atomic E-state index is 11.4. The first-order valence-corrected chi connectivity index (χ1v) is 6.90. The molecule has 1 amide bonds. The minimum absolute atomic E-state index is 0.171. The van der Waals surface area contributed by atoms with Gasteiger partial charge in [-0.1, -0.05) is 6.42 Å². The molecule has 1 saturated carbocycles. The van der Waals surface area contributed by atoms with Gasteiger partial charge in [-0.25, -0.2) is 0 Å². The first-order valence-electron chi connectivity index (χ1n) is 6.90. The Morgan fingerprint density at radius 1 is 1.24 bits per heavy atom. The van der Waals surface area contributed by atoms with E-state index >= 15 is 0 Å². The molecular formula is C13H24N2O2. The van der Waals surface area contributed by atoms with E-state index < -0.39 is 0 Å². The van der Waals surface area contributed by atoms with Crippen LogP contribution in [0.1, 0.15) is 38.5 Å². The standard InChI is InChI=1S/C13H24N2O2/c16-9-11-4-1-3-10(11)8-15-12-5-2-6-14-13(17)7-12/h10-12,15-16H,1-9H2,(H,14,17). The summed E-state index contributed by atoms with van der Waals surface area (Å²) in [5.41, 5.74) is 0. The lowest BCUT2D eigenvalue weighted by molar-refractivity contribution is -0.121. The van der Waals surface area contributed by atoms with Crippen LogP contribution in [0, 0.1) is 11.8 Å². The maximum Gasteiger partial charge on any atom is 0.221 e. The van der Waals surface area contributed by atoms with Crippen LogP contribution in [-0.4, -0.2) is 36.8 Å². The van der Waals surface area contributed by atoms with Gasteiger partial charge in [0.1, 0.15) is 0 Å². The van der Waals surface area contributed by atoms with Crippen molar-refractivity contribution in [3.8, 4) is 0 Å². The predicted octanol–water partition coefficient (Wildman–Crippen LogP) is 0.653. The van der Waals surface area contributed by atoms with E-state index in [2.05, 4.69) is 10.6 Å². The van der Waals surface area contributed by atoms with E-state index in [-0.39, 0.29) is 5.91 Å². The van der Waals surface area contributed by atoms with Crippen molar-refractivity contribution >= 4 is 5.91 Å². The van der Waals surface area contributed by atoms with E-state index in [1.165, 1.54) is 12.8 Å². The Bertz CT molecular complexity index is 258. The second kappa shape index (κ2) is 6.36. The van der Waals surface area contributed by atoms with Crippen LogP contribution >= 0.6 is 0 Å². The highest BCUT2D eigenvalue weighted by Crippen LogP contribution is 2.30. The van der Waals surface area contributed by atoms with Crippen molar-refractivity contribution in [1.29, 1.82) is 0 Å². The van der Waals surface area contributed by atoms with Gasteiger partial charge in [0.05, 0.1) is 0 Å². The van der Waals surface area contributed by atoms with Gasteiger partial charge in [0, 0.05) is 25.6 Å². The van der Waals surface area contributed by atoms with Gasteiger partial charge in [-0.05, 0) is 44.1 Å². The van der Waals surface area contributed by atoms with Crippen LogP contribution in [-0.2, 0) is 4.79 Å². The highest BCUT2D eigenvalue weighted by Gasteiger charge is 2.27. The average Bonchev–Trinajstić information content (AvgIpc) is 2.68. The summed E-state index contributed by atoms with van der Waals surface area (Å²) in [6.07, 6.45) is 6.37. The first kappa shape index (κ1) is 12.8. The molecule has 2 fully saturated rings. The fraction of sp³-hybridized carbons (Fsp3) is 0.923. The van der Waals surface area contributed by atoms with Gasteiger partial charge in [-0.3, -0.25) is 4.79 Å². The molecule has 0 aromatic heterocycles. The zero-order valence-electron chi connectivity index (χ0n) is 10.5. The maximum atomic E-state index is 11.4. The summed E-state index contributed by atoms with van der Waals surface area (Å²) < 4.78 is 0. The lowest BCUT2D eigenvalue weighted by Gasteiger charge is -2.22. The molecule has 3 unspecified atom stereocenters. The first-order chi connectivity index (χ1) is 8.29. The number of carbonyl (C=O) groups is 1. The van der Waals surface area contributed by atoms with Crippen molar-refractivity contribution in [3.05, 3.63) is 0 Å². The predicted molar refractivity (Wildman–Crippen MR) is 66.6 cm³/mol. The van der Waals surface area contributed by atoms with E-state index in [1.807, 2.05) is 0 Å². The van der Waals surface area contributed by atoms with E-state index in [9.17, 15) is 9.90 Å². The number of aliphatic hydroxyl groups is 1. The Kier molecular flexibility index (Phi) is 4.80. The van der Waals surface area contributed by atoms with Gasteiger partial charge in [-0.2, -0.15) is 0 Å². The van der Waals surface area contributed by atoms with Crippen LogP contribution in [0.25, 0.3) is 0 Å². The third-order valence-electron chi connectivity index (χ3n) is 4.20.